The predicted octanol–water partition coefficient (Wildman–Crippen LogP) is -0.411. The number of nitrogens with zero attached hydrogens (tertiary/aromatic N) is 1. The normalized spacial score (nSPS) is 38.9. The molecule has 3 rings (SSSR count). The van der Waals surface area contributed by atoms with E-state index < -0.39 is 6.10 Å². The van der Waals surface area contributed by atoms with Crippen LogP contribution in [-0.4, -0.2) is 39.0 Å². The smallest absolute Gasteiger partial charge is 0.256 e. The molecule has 1 aliphatic heterocycles. The Morgan fingerprint density at radius 2 is 2.33 bits per heavy atom. The van der Waals surface area contributed by atoms with Gasteiger partial charge in [-0.2, -0.15) is 0 Å². The maximum atomic E-state index is 11.7. The second-order valence-corrected chi connectivity index (χ2v) is 5.05. The topological polar surface area (TPSA) is 95.4 Å². The second-order valence-electron chi connectivity index (χ2n) is 5.05. The van der Waals surface area contributed by atoms with Crippen molar-refractivity contribution < 1.29 is 14.9 Å². The van der Waals surface area contributed by atoms with Crippen LogP contribution < -0.4 is 5.56 Å². The fraction of sp³-hybridized carbons (Fsp3) is 0.667. The Morgan fingerprint density at radius 3 is 3.06 bits per heavy atom. The Bertz CT molecular complexity index is 489. The lowest BCUT2D eigenvalue weighted by Gasteiger charge is -2.17. The molecule has 1 unspecified atom stereocenters. The number of aliphatic hydroxyl groups is 2. The monoisotopic (exact) mass is 252 g/mol. The van der Waals surface area contributed by atoms with E-state index in [1.807, 2.05) is 0 Å². The summed E-state index contributed by atoms with van der Waals surface area (Å²) in [6.07, 6.45) is 3.21. The number of aromatic amines is 1. The SMILES string of the molecule is O=c1[nH]cncc1C1C[C@@H]2[C@@H](CO)[C@H](O)C[C@@H]2O1. The Hall–Kier alpha value is -1.24. The molecule has 6 heteroatoms. The average Bonchev–Trinajstić information content (AvgIpc) is 2.86. The standard InChI is InChI=1S/C12H16N2O4/c15-4-8-6-1-10(18-11(6)2-9(8)16)7-3-13-5-14-12(7)17/h3,5-6,8-11,15-16H,1-2,4H2,(H,13,14,17)/t6-,8-,9-,10?,11+/m1/s1. The third kappa shape index (κ3) is 1.77. The molecule has 1 saturated carbocycles. The zero-order valence-electron chi connectivity index (χ0n) is 9.82. The van der Waals surface area contributed by atoms with Crippen LogP contribution in [0.25, 0.3) is 0 Å². The quantitative estimate of drug-likeness (QED) is 0.665. The first kappa shape index (κ1) is 11.8. The lowest BCUT2D eigenvalue weighted by atomic mass is 9.90. The van der Waals surface area contributed by atoms with Crippen molar-refractivity contribution >= 4 is 0 Å². The van der Waals surface area contributed by atoms with Gasteiger partial charge in [-0.15, -0.1) is 0 Å². The van der Waals surface area contributed by atoms with Crippen LogP contribution in [0.4, 0.5) is 0 Å². The molecule has 1 aliphatic carbocycles. The number of rotatable bonds is 2. The molecular formula is C12H16N2O4. The molecule has 0 bridgehead atoms. The number of fused-ring (bicyclic) bond motifs is 1. The van der Waals surface area contributed by atoms with E-state index in [-0.39, 0.29) is 36.2 Å². The van der Waals surface area contributed by atoms with Crippen LogP contribution in [0, 0.1) is 11.8 Å². The number of H-pyrrole nitrogens is 1. The van der Waals surface area contributed by atoms with Gasteiger partial charge in [0.05, 0.1) is 30.2 Å². The molecule has 6 nitrogen and oxygen atoms in total. The maximum absolute atomic E-state index is 11.7. The van der Waals surface area contributed by atoms with E-state index in [2.05, 4.69) is 9.97 Å². The molecule has 2 fully saturated rings. The minimum Gasteiger partial charge on any atom is -0.396 e. The van der Waals surface area contributed by atoms with E-state index in [9.17, 15) is 15.0 Å². The van der Waals surface area contributed by atoms with Gasteiger partial charge in [0.2, 0.25) is 0 Å². The van der Waals surface area contributed by atoms with E-state index >= 15 is 0 Å². The molecule has 3 N–H and O–H groups in total. The summed E-state index contributed by atoms with van der Waals surface area (Å²) in [6, 6.07) is 0. The summed E-state index contributed by atoms with van der Waals surface area (Å²) in [5, 5.41) is 19.1. The van der Waals surface area contributed by atoms with Gasteiger partial charge in [0.25, 0.3) is 5.56 Å². The molecule has 0 amide bonds. The molecule has 1 aromatic heterocycles. The minimum absolute atomic E-state index is 0.0399. The van der Waals surface area contributed by atoms with E-state index in [0.29, 0.717) is 18.4 Å². The third-order valence-corrected chi connectivity index (χ3v) is 4.12. The maximum Gasteiger partial charge on any atom is 0.256 e. The Labute approximate surface area is 104 Å². The molecule has 1 aromatic rings. The summed E-state index contributed by atoms with van der Waals surface area (Å²) < 4.78 is 5.82. The van der Waals surface area contributed by atoms with Crippen LogP contribution in [0.1, 0.15) is 24.5 Å². The second kappa shape index (κ2) is 4.46. The molecule has 98 valence electrons. The van der Waals surface area contributed by atoms with Crippen LogP contribution in [0.15, 0.2) is 17.3 Å². The molecular weight excluding hydrogens is 236 g/mol. The van der Waals surface area contributed by atoms with Crippen molar-refractivity contribution in [3.8, 4) is 0 Å². The van der Waals surface area contributed by atoms with Crippen LogP contribution in [0.3, 0.4) is 0 Å². The zero-order chi connectivity index (χ0) is 12.7. The number of hydrogen-bond acceptors (Lipinski definition) is 5. The molecule has 5 atom stereocenters. The highest BCUT2D eigenvalue weighted by Gasteiger charge is 2.49. The first-order chi connectivity index (χ1) is 8.70. The molecule has 0 aromatic carbocycles. The predicted molar refractivity (Wildman–Crippen MR) is 61.8 cm³/mol. The van der Waals surface area contributed by atoms with Crippen LogP contribution in [0.5, 0.6) is 0 Å². The van der Waals surface area contributed by atoms with Gasteiger partial charge in [-0.3, -0.25) is 4.79 Å². The fourth-order valence-electron chi connectivity index (χ4n) is 3.19. The summed E-state index contributed by atoms with van der Waals surface area (Å²) in [5.74, 6) is -0.0228. The first-order valence-electron chi connectivity index (χ1n) is 6.17. The van der Waals surface area contributed by atoms with Crippen LogP contribution >= 0.6 is 0 Å². The number of aliphatic hydroxyl groups excluding tert-OH is 2. The number of nitrogens with one attached hydrogen (secondary N) is 1. The van der Waals surface area contributed by atoms with Crippen LogP contribution in [0.2, 0.25) is 0 Å². The Balaban J connectivity index is 1.81. The van der Waals surface area contributed by atoms with Crippen molar-refractivity contribution in [2.45, 2.75) is 31.2 Å². The summed E-state index contributed by atoms with van der Waals surface area (Å²) in [6.45, 7) is -0.0399. The highest BCUT2D eigenvalue weighted by atomic mass is 16.5. The lowest BCUT2D eigenvalue weighted by molar-refractivity contribution is 0.0248. The third-order valence-electron chi connectivity index (χ3n) is 4.12. The minimum atomic E-state index is -0.502. The van der Waals surface area contributed by atoms with Crippen molar-refractivity contribution in [2.75, 3.05) is 6.61 Å². The van der Waals surface area contributed by atoms with E-state index in [4.69, 9.17) is 4.74 Å². The molecule has 0 spiro atoms. The first-order valence-corrected chi connectivity index (χ1v) is 6.17. The molecule has 2 heterocycles. The van der Waals surface area contributed by atoms with Crippen molar-refractivity contribution in [3.05, 3.63) is 28.4 Å². The summed E-state index contributed by atoms with van der Waals surface area (Å²) >= 11 is 0. The lowest BCUT2D eigenvalue weighted by Crippen LogP contribution is -2.24. The van der Waals surface area contributed by atoms with Gasteiger partial charge < -0.3 is 19.9 Å². The fourth-order valence-corrected chi connectivity index (χ4v) is 3.19. The zero-order valence-corrected chi connectivity index (χ0v) is 9.82. The van der Waals surface area contributed by atoms with Crippen molar-refractivity contribution in [1.82, 2.24) is 9.97 Å². The van der Waals surface area contributed by atoms with E-state index in [1.165, 1.54) is 12.5 Å². The summed E-state index contributed by atoms with van der Waals surface area (Å²) in [5.41, 5.74) is 0.342. The summed E-state index contributed by atoms with van der Waals surface area (Å²) in [4.78, 5) is 18.1. The molecule has 0 radical (unpaired) electrons. The number of aromatic nitrogens is 2. The molecule has 18 heavy (non-hydrogen) atoms. The van der Waals surface area contributed by atoms with Crippen molar-refractivity contribution in [3.63, 3.8) is 0 Å². The molecule has 1 saturated heterocycles. The highest BCUT2D eigenvalue weighted by molar-refractivity contribution is 5.12. The highest BCUT2D eigenvalue weighted by Crippen LogP contribution is 2.47. The van der Waals surface area contributed by atoms with Gasteiger partial charge in [0, 0.05) is 25.1 Å². The van der Waals surface area contributed by atoms with Gasteiger partial charge >= 0.3 is 0 Å². The Morgan fingerprint density at radius 1 is 1.50 bits per heavy atom. The van der Waals surface area contributed by atoms with Crippen LogP contribution in [-0.2, 0) is 4.74 Å². The van der Waals surface area contributed by atoms with E-state index in [0.717, 1.165) is 0 Å². The van der Waals surface area contributed by atoms with Gasteiger partial charge in [0.1, 0.15) is 0 Å². The molecule has 2 aliphatic rings. The van der Waals surface area contributed by atoms with Gasteiger partial charge in [-0.1, -0.05) is 0 Å². The van der Waals surface area contributed by atoms with Gasteiger partial charge in [-0.05, 0) is 12.3 Å². The number of hydrogen-bond donors (Lipinski definition) is 3. The average molecular weight is 252 g/mol. The van der Waals surface area contributed by atoms with Gasteiger partial charge in [-0.25, -0.2) is 4.98 Å². The van der Waals surface area contributed by atoms with Crippen molar-refractivity contribution in [1.29, 1.82) is 0 Å². The number of ether oxygens (including phenoxy) is 1. The summed E-state index contributed by atoms with van der Waals surface area (Å²) in [7, 11) is 0. The largest absolute Gasteiger partial charge is 0.396 e. The van der Waals surface area contributed by atoms with Crippen molar-refractivity contribution in [2.24, 2.45) is 11.8 Å². The Kier molecular flexibility index (Phi) is 2.93. The van der Waals surface area contributed by atoms with Gasteiger partial charge in [0.15, 0.2) is 0 Å². The van der Waals surface area contributed by atoms with E-state index in [1.54, 1.807) is 0 Å².